The molecule has 2 rings (SSSR count). The molecule has 0 bridgehead atoms. The molecule has 2 atom stereocenters. The van der Waals surface area contributed by atoms with Crippen molar-refractivity contribution in [3.05, 3.63) is 33.3 Å². The first-order valence-corrected chi connectivity index (χ1v) is 7.97. The third kappa shape index (κ3) is 4.22. The minimum Gasteiger partial charge on any atom is -0.352 e. The van der Waals surface area contributed by atoms with E-state index >= 15 is 0 Å². The Bertz CT molecular complexity index is 443. The highest BCUT2D eigenvalue weighted by Crippen LogP contribution is 2.29. The highest BCUT2D eigenvalue weighted by Gasteiger charge is 2.21. The number of benzene rings is 1. The number of hydrogen-bond acceptors (Lipinski definition) is 1. The van der Waals surface area contributed by atoms with E-state index in [1.807, 2.05) is 0 Å². The van der Waals surface area contributed by atoms with Crippen LogP contribution in [-0.4, -0.2) is 12.5 Å². The molecular weight excluding hydrogens is 326 g/mol. The van der Waals surface area contributed by atoms with Gasteiger partial charge in [-0.2, -0.15) is 0 Å². The lowest BCUT2D eigenvalue weighted by Crippen LogP contribution is -2.33. The molecule has 19 heavy (non-hydrogen) atoms. The summed E-state index contributed by atoms with van der Waals surface area (Å²) in [6.45, 7) is 3.05. The van der Waals surface area contributed by atoms with Crippen LogP contribution in [0, 0.1) is 11.8 Å². The highest BCUT2D eigenvalue weighted by atomic mass is 79.9. The summed E-state index contributed by atoms with van der Waals surface area (Å²) in [7, 11) is 0. The van der Waals surface area contributed by atoms with Crippen molar-refractivity contribution in [2.75, 3.05) is 6.54 Å². The molecule has 4 heteroatoms. The van der Waals surface area contributed by atoms with E-state index in [0.29, 0.717) is 22.4 Å². The van der Waals surface area contributed by atoms with Gasteiger partial charge in [0.15, 0.2) is 0 Å². The van der Waals surface area contributed by atoms with Crippen molar-refractivity contribution >= 4 is 33.4 Å². The molecule has 2 unspecified atom stereocenters. The lowest BCUT2D eigenvalue weighted by Gasteiger charge is -2.28. The first-order chi connectivity index (χ1) is 9.06. The fraction of sp³-hybridized carbons (Fsp3) is 0.533. The molecule has 1 aromatic carbocycles. The van der Waals surface area contributed by atoms with Crippen LogP contribution in [0.1, 0.15) is 43.0 Å². The topological polar surface area (TPSA) is 29.1 Å². The molecule has 1 aliphatic carbocycles. The average Bonchev–Trinajstić information content (AvgIpc) is 2.36. The van der Waals surface area contributed by atoms with Gasteiger partial charge in [-0.15, -0.1) is 0 Å². The van der Waals surface area contributed by atoms with Gasteiger partial charge in [-0.05, 0) is 36.5 Å². The summed E-state index contributed by atoms with van der Waals surface area (Å²) in [5, 5.41) is 3.61. The summed E-state index contributed by atoms with van der Waals surface area (Å²) >= 11 is 9.31. The van der Waals surface area contributed by atoms with Crippen LogP contribution in [0.4, 0.5) is 0 Å². The lowest BCUT2D eigenvalue weighted by atomic mass is 9.80. The predicted molar refractivity (Wildman–Crippen MR) is 82.6 cm³/mol. The molecule has 104 valence electrons. The Morgan fingerprint density at radius 1 is 1.37 bits per heavy atom. The third-order valence-electron chi connectivity index (χ3n) is 3.94. The molecule has 2 nitrogen and oxygen atoms in total. The van der Waals surface area contributed by atoms with E-state index in [1.54, 1.807) is 18.2 Å². The molecule has 0 heterocycles. The number of hydrogen-bond donors (Lipinski definition) is 1. The van der Waals surface area contributed by atoms with E-state index in [1.165, 1.54) is 25.7 Å². The first kappa shape index (κ1) is 14.9. The van der Waals surface area contributed by atoms with Crippen molar-refractivity contribution in [1.82, 2.24) is 5.32 Å². The molecule has 1 fully saturated rings. The second-order valence-corrected chi connectivity index (χ2v) is 6.74. The van der Waals surface area contributed by atoms with Crippen molar-refractivity contribution in [3.8, 4) is 0 Å². The monoisotopic (exact) mass is 343 g/mol. The Balaban J connectivity index is 1.93. The molecule has 0 spiro atoms. The largest absolute Gasteiger partial charge is 0.352 e. The molecule has 0 aliphatic heterocycles. The summed E-state index contributed by atoms with van der Waals surface area (Å²) < 4.78 is 0.830. The van der Waals surface area contributed by atoms with Gasteiger partial charge in [0.25, 0.3) is 5.91 Å². The van der Waals surface area contributed by atoms with Crippen LogP contribution in [0.5, 0.6) is 0 Å². The number of nitrogens with one attached hydrogen (secondary N) is 1. The molecule has 1 amide bonds. The van der Waals surface area contributed by atoms with Crippen LogP contribution in [0.15, 0.2) is 22.7 Å². The maximum Gasteiger partial charge on any atom is 0.251 e. The lowest BCUT2D eigenvalue weighted by molar-refractivity contribution is 0.0936. The average molecular weight is 345 g/mol. The normalized spacial score (nSPS) is 23.1. The zero-order valence-corrected chi connectivity index (χ0v) is 13.4. The zero-order chi connectivity index (χ0) is 13.8. The molecular formula is C15H19BrClNO. The Morgan fingerprint density at radius 2 is 2.11 bits per heavy atom. The smallest absolute Gasteiger partial charge is 0.251 e. The van der Waals surface area contributed by atoms with Crippen LogP contribution in [0.3, 0.4) is 0 Å². The van der Waals surface area contributed by atoms with Crippen molar-refractivity contribution in [3.63, 3.8) is 0 Å². The van der Waals surface area contributed by atoms with Gasteiger partial charge >= 0.3 is 0 Å². The fourth-order valence-electron chi connectivity index (χ4n) is 2.71. The van der Waals surface area contributed by atoms with Gasteiger partial charge in [0, 0.05) is 21.6 Å². The SMILES string of the molecule is CC1CCCCC1CNC(=O)c1cc(Cl)cc(Br)c1. The number of rotatable bonds is 3. The molecule has 0 saturated heterocycles. The number of carbonyl (C=O) groups is 1. The molecule has 1 N–H and O–H groups in total. The van der Waals surface area contributed by atoms with Gasteiger partial charge in [0.1, 0.15) is 0 Å². The van der Waals surface area contributed by atoms with Crippen LogP contribution >= 0.6 is 27.5 Å². The highest BCUT2D eigenvalue weighted by molar-refractivity contribution is 9.10. The van der Waals surface area contributed by atoms with Gasteiger partial charge in [0.05, 0.1) is 0 Å². The summed E-state index contributed by atoms with van der Waals surface area (Å²) in [4.78, 5) is 12.1. The van der Waals surface area contributed by atoms with Gasteiger partial charge in [-0.1, -0.05) is 53.7 Å². The zero-order valence-electron chi connectivity index (χ0n) is 11.1. The van der Waals surface area contributed by atoms with E-state index in [0.717, 1.165) is 11.0 Å². The van der Waals surface area contributed by atoms with Crippen LogP contribution in [0.25, 0.3) is 0 Å². The quantitative estimate of drug-likeness (QED) is 0.849. The summed E-state index contributed by atoms with van der Waals surface area (Å²) in [5.74, 6) is 1.28. The second-order valence-electron chi connectivity index (χ2n) is 5.39. The summed E-state index contributed by atoms with van der Waals surface area (Å²) in [6, 6.07) is 5.28. The van der Waals surface area contributed by atoms with Crippen molar-refractivity contribution < 1.29 is 4.79 Å². The molecule has 1 aliphatic rings. The Morgan fingerprint density at radius 3 is 2.79 bits per heavy atom. The van der Waals surface area contributed by atoms with E-state index in [-0.39, 0.29) is 5.91 Å². The van der Waals surface area contributed by atoms with Crippen LogP contribution in [0.2, 0.25) is 5.02 Å². The molecule has 0 radical (unpaired) electrons. The minimum atomic E-state index is -0.0408. The second kappa shape index (κ2) is 6.76. The number of carbonyl (C=O) groups excluding carboxylic acids is 1. The maximum absolute atomic E-state index is 12.1. The van der Waals surface area contributed by atoms with Crippen molar-refractivity contribution in [2.45, 2.75) is 32.6 Å². The summed E-state index contributed by atoms with van der Waals surface area (Å²) in [6.07, 6.45) is 5.12. The maximum atomic E-state index is 12.1. The van der Waals surface area contributed by atoms with Gasteiger partial charge < -0.3 is 5.32 Å². The molecule has 0 aromatic heterocycles. The molecule has 1 aromatic rings. The van der Waals surface area contributed by atoms with E-state index in [2.05, 4.69) is 28.2 Å². The van der Waals surface area contributed by atoms with E-state index in [4.69, 9.17) is 11.6 Å². The number of halogens is 2. The van der Waals surface area contributed by atoms with Crippen molar-refractivity contribution in [2.24, 2.45) is 11.8 Å². The fourth-order valence-corrected chi connectivity index (χ4v) is 3.57. The minimum absolute atomic E-state index is 0.0408. The van der Waals surface area contributed by atoms with Crippen molar-refractivity contribution in [1.29, 1.82) is 0 Å². The standard InChI is InChI=1S/C15H19BrClNO/c1-10-4-2-3-5-11(10)9-18-15(19)12-6-13(16)8-14(17)7-12/h6-8,10-11H,2-5,9H2,1H3,(H,18,19). The van der Waals surface area contributed by atoms with Crippen LogP contribution < -0.4 is 5.32 Å². The Labute approximate surface area is 128 Å². The number of amides is 1. The van der Waals surface area contributed by atoms with Crippen LogP contribution in [-0.2, 0) is 0 Å². The van der Waals surface area contributed by atoms with Gasteiger partial charge in [0.2, 0.25) is 0 Å². The predicted octanol–water partition coefficient (Wildman–Crippen LogP) is 4.66. The van der Waals surface area contributed by atoms with Gasteiger partial charge in [-0.3, -0.25) is 4.79 Å². The Kier molecular flexibility index (Phi) is 5.28. The molecule has 1 saturated carbocycles. The third-order valence-corrected chi connectivity index (χ3v) is 4.61. The first-order valence-electron chi connectivity index (χ1n) is 6.80. The van der Waals surface area contributed by atoms with Gasteiger partial charge in [-0.25, -0.2) is 0 Å². The summed E-state index contributed by atoms with van der Waals surface area (Å²) in [5.41, 5.74) is 0.614. The Hall–Kier alpha value is -0.540. The van der Waals surface area contributed by atoms with E-state index < -0.39 is 0 Å². The van der Waals surface area contributed by atoms with E-state index in [9.17, 15) is 4.79 Å².